The first-order valence-corrected chi connectivity index (χ1v) is 5.18. The Balaban J connectivity index is 4.07. The molecule has 5 heteroatoms. The van der Waals surface area contributed by atoms with Gasteiger partial charge in [0, 0.05) is 20.2 Å². The van der Waals surface area contributed by atoms with Crippen molar-refractivity contribution in [3.05, 3.63) is 12.7 Å². The van der Waals surface area contributed by atoms with E-state index in [1.165, 1.54) is 12.0 Å². The van der Waals surface area contributed by atoms with Gasteiger partial charge in [0.15, 0.2) is 0 Å². The molecule has 0 radical (unpaired) electrons. The number of carbonyl (C=O) groups excluding carboxylic acids is 2. The molecule has 1 amide bonds. The first-order valence-electron chi connectivity index (χ1n) is 5.18. The van der Waals surface area contributed by atoms with Gasteiger partial charge < -0.3 is 14.4 Å². The van der Waals surface area contributed by atoms with Gasteiger partial charge in [-0.15, -0.1) is 6.58 Å². The molecule has 0 bridgehead atoms. The molecule has 0 saturated heterocycles. The van der Waals surface area contributed by atoms with Crippen molar-refractivity contribution in [2.75, 3.05) is 33.4 Å². The van der Waals surface area contributed by atoms with Crippen LogP contribution in [0, 0.1) is 0 Å². The lowest BCUT2D eigenvalue weighted by molar-refractivity contribution is -0.144. The molecule has 0 aromatic carbocycles. The van der Waals surface area contributed by atoms with Gasteiger partial charge in [-0.2, -0.15) is 0 Å². The zero-order valence-electron chi connectivity index (χ0n) is 9.90. The van der Waals surface area contributed by atoms with Crippen LogP contribution in [0.4, 0.5) is 0 Å². The summed E-state index contributed by atoms with van der Waals surface area (Å²) in [5.41, 5.74) is 0. The van der Waals surface area contributed by atoms with Crippen molar-refractivity contribution in [1.82, 2.24) is 4.90 Å². The van der Waals surface area contributed by atoms with E-state index in [-0.39, 0.29) is 24.9 Å². The van der Waals surface area contributed by atoms with Crippen LogP contribution in [0.1, 0.15) is 13.3 Å². The van der Waals surface area contributed by atoms with Crippen molar-refractivity contribution >= 4 is 11.9 Å². The highest BCUT2D eigenvalue weighted by Gasteiger charge is 2.13. The molecule has 0 fully saturated rings. The number of ether oxygens (including phenoxy) is 2. The molecule has 0 aliphatic carbocycles. The van der Waals surface area contributed by atoms with Crippen LogP contribution < -0.4 is 0 Å². The van der Waals surface area contributed by atoms with Gasteiger partial charge in [0.25, 0.3) is 0 Å². The van der Waals surface area contributed by atoms with Crippen molar-refractivity contribution in [1.29, 1.82) is 0 Å². The summed E-state index contributed by atoms with van der Waals surface area (Å²) >= 11 is 0. The number of hydrogen-bond acceptors (Lipinski definition) is 4. The molecule has 0 heterocycles. The van der Waals surface area contributed by atoms with E-state index in [0.29, 0.717) is 19.7 Å². The molecule has 0 aromatic heterocycles. The van der Waals surface area contributed by atoms with Crippen LogP contribution in [0.25, 0.3) is 0 Å². The van der Waals surface area contributed by atoms with E-state index in [4.69, 9.17) is 9.47 Å². The normalized spacial score (nSPS) is 9.62. The standard InChI is InChI=1S/C11H19NO4/c1-4-7-12(10(13)9-15-3)8-6-11(14)16-5-2/h4H,1,5-9H2,2-3H3. The third-order valence-electron chi connectivity index (χ3n) is 1.86. The average molecular weight is 229 g/mol. The predicted molar refractivity (Wildman–Crippen MR) is 59.9 cm³/mol. The van der Waals surface area contributed by atoms with Crippen LogP contribution in [-0.2, 0) is 19.1 Å². The number of nitrogens with zero attached hydrogens (tertiary/aromatic N) is 1. The number of rotatable bonds is 8. The predicted octanol–water partition coefficient (Wildman–Crippen LogP) is 0.601. The number of amides is 1. The van der Waals surface area contributed by atoms with E-state index in [1.54, 1.807) is 13.0 Å². The summed E-state index contributed by atoms with van der Waals surface area (Å²) in [5.74, 6) is -0.464. The summed E-state index contributed by atoms with van der Waals surface area (Å²) in [7, 11) is 1.45. The first kappa shape index (κ1) is 14.6. The summed E-state index contributed by atoms with van der Waals surface area (Å²) in [4.78, 5) is 24.1. The van der Waals surface area contributed by atoms with Gasteiger partial charge in [-0.25, -0.2) is 0 Å². The van der Waals surface area contributed by atoms with Gasteiger partial charge in [-0.3, -0.25) is 9.59 Å². The van der Waals surface area contributed by atoms with E-state index in [1.807, 2.05) is 0 Å². The zero-order chi connectivity index (χ0) is 12.4. The number of esters is 1. The maximum atomic E-state index is 11.5. The number of hydrogen-bond donors (Lipinski definition) is 0. The maximum Gasteiger partial charge on any atom is 0.307 e. The maximum absolute atomic E-state index is 11.5. The quantitative estimate of drug-likeness (QED) is 0.452. The highest BCUT2D eigenvalue weighted by Crippen LogP contribution is 1.96. The molecular formula is C11H19NO4. The Morgan fingerprint density at radius 3 is 2.62 bits per heavy atom. The Morgan fingerprint density at radius 1 is 1.44 bits per heavy atom. The van der Waals surface area contributed by atoms with Crippen LogP contribution in [0.15, 0.2) is 12.7 Å². The number of methoxy groups -OCH3 is 1. The van der Waals surface area contributed by atoms with Gasteiger partial charge >= 0.3 is 5.97 Å². The van der Waals surface area contributed by atoms with E-state index in [9.17, 15) is 9.59 Å². The Morgan fingerprint density at radius 2 is 2.12 bits per heavy atom. The second-order valence-corrected chi connectivity index (χ2v) is 3.12. The monoisotopic (exact) mass is 229 g/mol. The summed E-state index contributed by atoms with van der Waals surface area (Å²) in [6.45, 7) is 6.40. The molecule has 0 atom stereocenters. The van der Waals surface area contributed by atoms with Crippen LogP contribution in [-0.4, -0.2) is 50.2 Å². The molecular weight excluding hydrogens is 210 g/mol. The summed E-state index contributed by atoms with van der Waals surface area (Å²) in [6, 6.07) is 0. The van der Waals surface area contributed by atoms with Crippen LogP contribution in [0.5, 0.6) is 0 Å². The van der Waals surface area contributed by atoms with Crippen molar-refractivity contribution in [3.8, 4) is 0 Å². The molecule has 0 saturated carbocycles. The van der Waals surface area contributed by atoms with Crippen molar-refractivity contribution in [2.45, 2.75) is 13.3 Å². The smallest absolute Gasteiger partial charge is 0.307 e. The Hall–Kier alpha value is -1.36. The lowest BCUT2D eigenvalue weighted by Crippen LogP contribution is -2.35. The molecule has 0 rings (SSSR count). The van der Waals surface area contributed by atoms with Gasteiger partial charge in [0.1, 0.15) is 6.61 Å². The van der Waals surface area contributed by atoms with E-state index in [2.05, 4.69) is 6.58 Å². The molecule has 0 N–H and O–H groups in total. The average Bonchev–Trinajstić information content (AvgIpc) is 2.24. The Bertz CT molecular complexity index is 240. The SMILES string of the molecule is C=CCN(CCC(=O)OCC)C(=O)COC. The second-order valence-electron chi connectivity index (χ2n) is 3.12. The fourth-order valence-corrected chi connectivity index (χ4v) is 1.15. The molecule has 16 heavy (non-hydrogen) atoms. The molecule has 0 aliphatic rings. The highest BCUT2D eigenvalue weighted by atomic mass is 16.5. The Kier molecular flexibility index (Phi) is 8.15. The minimum Gasteiger partial charge on any atom is -0.466 e. The summed E-state index contributed by atoms with van der Waals surface area (Å²) in [5, 5.41) is 0. The fraction of sp³-hybridized carbons (Fsp3) is 0.636. The first-order chi connectivity index (χ1) is 7.65. The van der Waals surface area contributed by atoms with E-state index in [0.717, 1.165) is 0 Å². The molecule has 0 aliphatic heterocycles. The van der Waals surface area contributed by atoms with Crippen LogP contribution in [0.2, 0.25) is 0 Å². The summed E-state index contributed by atoms with van der Waals surface area (Å²) in [6.07, 6.45) is 1.80. The minimum atomic E-state index is -0.304. The molecule has 92 valence electrons. The van der Waals surface area contributed by atoms with Crippen molar-refractivity contribution in [3.63, 3.8) is 0 Å². The van der Waals surface area contributed by atoms with Crippen LogP contribution in [0.3, 0.4) is 0 Å². The molecule has 0 unspecified atom stereocenters. The van der Waals surface area contributed by atoms with Crippen LogP contribution >= 0.6 is 0 Å². The topological polar surface area (TPSA) is 55.8 Å². The Labute approximate surface area is 96.0 Å². The number of carbonyl (C=O) groups is 2. The lowest BCUT2D eigenvalue weighted by atomic mass is 10.3. The van der Waals surface area contributed by atoms with Gasteiger partial charge in [-0.1, -0.05) is 6.08 Å². The third-order valence-corrected chi connectivity index (χ3v) is 1.86. The lowest BCUT2D eigenvalue weighted by Gasteiger charge is -2.20. The van der Waals surface area contributed by atoms with Crippen molar-refractivity contribution in [2.24, 2.45) is 0 Å². The van der Waals surface area contributed by atoms with Gasteiger partial charge in [0.2, 0.25) is 5.91 Å². The van der Waals surface area contributed by atoms with Crippen molar-refractivity contribution < 1.29 is 19.1 Å². The summed E-state index contributed by atoms with van der Waals surface area (Å²) < 4.78 is 9.52. The molecule has 5 nitrogen and oxygen atoms in total. The van der Waals surface area contributed by atoms with Gasteiger partial charge in [-0.05, 0) is 6.92 Å². The zero-order valence-corrected chi connectivity index (χ0v) is 9.90. The second kappa shape index (κ2) is 8.91. The molecule has 0 aromatic rings. The minimum absolute atomic E-state index is 0.0106. The molecule has 0 spiro atoms. The van der Waals surface area contributed by atoms with Gasteiger partial charge in [0.05, 0.1) is 13.0 Å². The highest BCUT2D eigenvalue weighted by molar-refractivity contribution is 5.78. The fourth-order valence-electron chi connectivity index (χ4n) is 1.15. The third kappa shape index (κ3) is 6.19. The van der Waals surface area contributed by atoms with E-state index >= 15 is 0 Å². The van der Waals surface area contributed by atoms with E-state index < -0.39 is 0 Å². The largest absolute Gasteiger partial charge is 0.466 e.